The molecule has 0 radical (unpaired) electrons. The monoisotopic (exact) mass is 274 g/mol. The Morgan fingerprint density at radius 3 is 2.70 bits per heavy atom. The summed E-state index contributed by atoms with van der Waals surface area (Å²) in [4.78, 5) is 14.2. The van der Waals surface area contributed by atoms with Crippen molar-refractivity contribution in [3.63, 3.8) is 0 Å². The molecule has 0 unspecified atom stereocenters. The molecule has 20 heavy (non-hydrogen) atoms. The average Bonchev–Trinajstić information content (AvgIpc) is 2.90. The summed E-state index contributed by atoms with van der Waals surface area (Å²) in [6, 6.07) is 10.1. The molecule has 0 bridgehead atoms. The second-order valence-corrected chi connectivity index (χ2v) is 5.93. The van der Waals surface area contributed by atoms with Crippen molar-refractivity contribution in [1.29, 1.82) is 0 Å². The Morgan fingerprint density at radius 2 is 1.95 bits per heavy atom. The number of nitrogens with one attached hydrogen (secondary N) is 1. The molecule has 2 fully saturated rings. The van der Waals surface area contributed by atoms with Gasteiger partial charge in [0.25, 0.3) is 0 Å². The van der Waals surface area contributed by atoms with Gasteiger partial charge in [-0.1, -0.05) is 30.3 Å². The van der Waals surface area contributed by atoms with Crippen molar-refractivity contribution >= 4 is 6.03 Å². The van der Waals surface area contributed by atoms with Crippen LogP contribution in [0.3, 0.4) is 0 Å². The fourth-order valence-corrected chi connectivity index (χ4v) is 3.21. The molecule has 2 amide bonds. The molecular formula is C16H22N2O2. The molecule has 4 nitrogen and oxygen atoms in total. The van der Waals surface area contributed by atoms with Gasteiger partial charge in [-0.15, -0.1) is 0 Å². The Kier molecular flexibility index (Phi) is 3.92. The summed E-state index contributed by atoms with van der Waals surface area (Å²) in [6.07, 6.45) is 3.31. The highest BCUT2D eigenvalue weighted by Crippen LogP contribution is 2.39. The number of carbonyl (C=O) groups excluding carboxylic acids is 1. The first-order chi connectivity index (χ1) is 9.77. The van der Waals surface area contributed by atoms with E-state index in [0.717, 1.165) is 51.1 Å². The molecule has 4 heteroatoms. The van der Waals surface area contributed by atoms with Gasteiger partial charge >= 0.3 is 6.03 Å². The summed E-state index contributed by atoms with van der Waals surface area (Å²) >= 11 is 0. The number of rotatable bonds is 2. The molecule has 1 aromatic rings. The molecule has 1 spiro atoms. The van der Waals surface area contributed by atoms with Crippen molar-refractivity contribution < 1.29 is 9.53 Å². The molecule has 1 aromatic carbocycles. The van der Waals surface area contributed by atoms with Crippen LogP contribution in [0.25, 0.3) is 0 Å². The van der Waals surface area contributed by atoms with E-state index in [9.17, 15) is 4.79 Å². The summed E-state index contributed by atoms with van der Waals surface area (Å²) < 4.78 is 5.44. The van der Waals surface area contributed by atoms with Gasteiger partial charge in [-0.3, -0.25) is 0 Å². The van der Waals surface area contributed by atoms with E-state index in [1.807, 2.05) is 35.2 Å². The van der Waals surface area contributed by atoms with Gasteiger partial charge in [0.05, 0.1) is 0 Å². The summed E-state index contributed by atoms with van der Waals surface area (Å²) in [5.74, 6) is 0. The first-order valence-electron chi connectivity index (χ1n) is 7.42. The third kappa shape index (κ3) is 2.96. The number of hydrogen-bond donors (Lipinski definition) is 1. The van der Waals surface area contributed by atoms with Gasteiger partial charge in [0, 0.05) is 32.8 Å². The van der Waals surface area contributed by atoms with Crippen LogP contribution in [0, 0.1) is 5.41 Å². The van der Waals surface area contributed by atoms with Gasteiger partial charge in [-0.25, -0.2) is 4.79 Å². The molecule has 0 atom stereocenters. The average molecular weight is 274 g/mol. The lowest BCUT2D eigenvalue weighted by molar-refractivity contribution is 0.0208. The molecule has 2 aliphatic rings. The Bertz CT molecular complexity index is 455. The highest BCUT2D eigenvalue weighted by Gasteiger charge is 2.40. The highest BCUT2D eigenvalue weighted by molar-refractivity contribution is 5.74. The Morgan fingerprint density at radius 1 is 1.20 bits per heavy atom. The predicted molar refractivity (Wildman–Crippen MR) is 77.4 cm³/mol. The van der Waals surface area contributed by atoms with E-state index in [1.165, 1.54) is 0 Å². The first kappa shape index (κ1) is 13.4. The van der Waals surface area contributed by atoms with Crippen LogP contribution in [0.4, 0.5) is 4.79 Å². The van der Waals surface area contributed by atoms with Crippen LogP contribution < -0.4 is 5.32 Å². The van der Waals surface area contributed by atoms with Gasteiger partial charge in [0.2, 0.25) is 0 Å². The number of carbonyl (C=O) groups is 1. The number of nitrogens with zero attached hydrogens (tertiary/aromatic N) is 1. The van der Waals surface area contributed by atoms with E-state index in [-0.39, 0.29) is 6.03 Å². The van der Waals surface area contributed by atoms with Crippen LogP contribution in [-0.2, 0) is 11.3 Å². The smallest absolute Gasteiger partial charge is 0.317 e. The van der Waals surface area contributed by atoms with Gasteiger partial charge in [0.15, 0.2) is 0 Å². The second kappa shape index (κ2) is 5.83. The molecule has 0 aliphatic carbocycles. The minimum absolute atomic E-state index is 0.0669. The molecular weight excluding hydrogens is 252 g/mol. The maximum Gasteiger partial charge on any atom is 0.317 e. The fourth-order valence-electron chi connectivity index (χ4n) is 3.21. The molecule has 2 saturated heterocycles. The quantitative estimate of drug-likeness (QED) is 0.899. The highest BCUT2D eigenvalue weighted by atomic mass is 16.5. The van der Waals surface area contributed by atoms with Crippen LogP contribution in [-0.4, -0.2) is 37.2 Å². The number of likely N-dealkylation sites (tertiary alicyclic amines) is 1. The lowest BCUT2D eigenvalue weighted by Crippen LogP contribution is -2.40. The van der Waals surface area contributed by atoms with E-state index in [1.54, 1.807) is 0 Å². The normalized spacial score (nSPS) is 21.1. The minimum atomic E-state index is 0.0669. The van der Waals surface area contributed by atoms with E-state index in [0.29, 0.717) is 12.0 Å². The number of ether oxygens (including phenoxy) is 1. The summed E-state index contributed by atoms with van der Waals surface area (Å²) in [5, 5.41) is 3.02. The lowest BCUT2D eigenvalue weighted by Gasteiger charge is -2.33. The van der Waals surface area contributed by atoms with E-state index in [2.05, 4.69) is 5.32 Å². The van der Waals surface area contributed by atoms with Crippen LogP contribution in [0.15, 0.2) is 30.3 Å². The summed E-state index contributed by atoms with van der Waals surface area (Å²) in [6.45, 7) is 4.06. The standard InChI is InChI=1S/C16H22N2O2/c19-15(17-12-14-4-2-1-3-5-14)18-9-6-16(13-18)7-10-20-11-8-16/h1-5H,6-13H2,(H,17,19). The third-order valence-corrected chi connectivity index (χ3v) is 4.57. The van der Waals surface area contributed by atoms with Crippen LogP contribution >= 0.6 is 0 Å². The zero-order valence-electron chi connectivity index (χ0n) is 11.8. The van der Waals surface area contributed by atoms with Gasteiger partial charge in [-0.05, 0) is 30.2 Å². The van der Waals surface area contributed by atoms with E-state index >= 15 is 0 Å². The van der Waals surface area contributed by atoms with E-state index in [4.69, 9.17) is 4.74 Å². The van der Waals surface area contributed by atoms with Crippen molar-refractivity contribution in [3.8, 4) is 0 Å². The maximum absolute atomic E-state index is 12.2. The molecule has 108 valence electrons. The third-order valence-electron chi connectivity index (χ3n) is 4.57. The van der Waals surface area contributed by atoms with Crippen LogP contribution in [0.1, 0.15) is 24.8 Å². The van der Waals surface area contributed by atoms with Gasteiger partial charge in [-0.2, -0.15) is 0 Å². The second-order valence-electron chi connectivity index (χ2n) is 5.93. The van der Waals surface area contributed by atoms with Crippen molar-refractivity contribution in [3.05, 3.63) is 35.9 Å². The molecule has 3 rings (SSSR count). The lowest BCUT2D eigenvalue weighted by atomic mass is 9.80. The number of benzene rings is 1. The predicted octanol–water partition coefficient (Wildman–Crippen LogP) is 2.40. The first-order valence-corrected chi connectivity index (χ1v) is 7.42. The zero-order chi connectivity index (χ0) is 13.8. The van der Waals surface area contributed by atoms with Gasteiger partial charge in [0.1, 0.15) is 0 Å². The molecule has 1 N–H and O–H groups in total. The zero-order valence-corrected chi connectivity index (χ0v) is 11.8. The molecule has 2 aliphatic heterocycles. The molecule has 0 aromatic heterocycles. The molecule has 0 saturated carbocycles. The van der Waals surface area contributed by atoms with Crippen molar-refractivity contribution in [2.75, 3.05) is 26.3 Å². The van der Waals surface area contributed by atoms with E-state index < -0.39 is 0 Å². The summed E-state index contributed by atoms with van der Waals surface area (Å²) in [7, 11) is 0. The van der Waals surface area contributed by atoms with Crippen molar-refractivity contribution in [2.45, 2.75) is 25.8 Å². The molecule has 2 heterocycles. The number of hydrogen-bond acceptors (Lipinski definition) is 2. The summed E-state index contributed by atoms with van der Waals surface area (Å²) in [5.41, 5.74) is 1.46. The minimum Gasteiger partial charge on any atom is -0.381 e. The number of amides is 2. The SMILES string of the molecule is O=C(NCc1ccccc1)N1CCC2(CCOCC2)C1. The van der Waals surface area contributed by atoms with Crippen LogP contribution in [0.5, 0.6) is 0 Å². The van der Waals surface area contributed by atoms with Gasteiger partial charge < -0.3 is 15.0 Å². The largest absolute Gasteiger partial charge is 0.381 e. The fraction of sp³-hybridized carbons (Fsp3) is 0.562. The van der Waals surface area contributed by atoms with Crippen molar-refractivity contribution in [1.82, 2.24) is 10.2 Å². The van der Waals surface area contributed by atoms with Crippen LogP contribution in [0.2, 0.25) is 0 Å². The Labute approximate surface area is 120 Å². The Hall–Kier alpha value is -1.55. The van der Waals surface area contributed by atoms with Crippen molar-refractivity contribution in [2.24, 2.45) is 5.41 Å². The topological polar surface area (TPSA) is 41.6 Å². The number of urea groups is 1. The maximum atomic E-state index is 12.2. The Balaban J connectivity index is 1.51.